The van der Waals surface area contributed by atoms with Crippen LogP contribution in [0.4, 0.5) is 0 Å². The Kier molecular flexibility index (Phi) is 7.41. The Balaban J connectivity index is 1.06. The predicted molar refractivity (Wildman–Crippen MR) is 301 cm³/mol. The Morgan fingerprint density at radius 2 is 0.714 bits per heavy atom. The van der Waals surface area contributed by atoms with Crippen LogP contribution in [0.15, 0.2) is 206 Å². The van der Waals surface area contributed by atoms with Crippen molar-refractivity contribution in [1.29, 1.82) is 0 Å². The summed E-state index contributed by atoms with van der Waals surface area (Å²) in [6, 6.07) is 79.9. The summed E-state index contributed by atoms with van der Waals surface area (Å²) in [4.78, 5) is 0. The van der Waals surface area contributed by atoms with E-state index in [1.54, 1.807) is 0 Å². The average Bonchev–Trinajstić information content (AvgIpc) is 4.06. The van der Waals surface area contributed by atoms with Gasteiger partial charge in [0.05, 0.1) is 0 Å². The maximum absolute atomic E-state index is 2.67. The van der Waals surface area contributed by atoms with E-state index in [9.17, 15) is 0 Å². The molecule has 1 heterocycles. The van der Waals surface area contributed by atoms with Crippen molar-refractivity contribution in [2.75, 3.05) is 0 Å². The Morgan fingerprint density at radius 3 is 1.36 bits per heavy atom. The lowest BCUT2D eigenvalue weighted by Crippen LogP contribution is -2.49. The summed E-state index contributed by atoms with van der Waals surface area (Å²) >= 11 is 0. The Morgan fingerprint density at radius 1 is 0.271 bits per heavy atom. The Labute approximate surface area is 409 Å². The molecule has 1 aliphatic heterocycles. The van der Waals surface area contributed by atoms with Crippen molar-refractivity contribution in [1.82, 2.24) is 0 Å². The largest absolute Gasteiger partial charge is 0.113 e. The minimum absolute atomic E-state index is 0.0976. The molecule has 0 aromatic heterocycles. The van der Waals surface area contributed by atoms with Gasteiger partial charge in [0, 0.05) is 5.41 Å². The van der Waals surface area contributed by atoms with Gasteiger partial charge in [-0.2, -0.15) is 0 Å². The molecule has 326 valence electrons. The van der Waals surface area contributed by atoms with Gasteiger partial charge in [-0.15, -0.1) is 0 Å². The summed E-state index contributed by atoms with van der Waals surface area (Å²) in [7, 11) is -2.09. The summed E-state index contributed by atoms with van der Waals surface area (Å²) in [6.07, 6.45) is 0. The lowest BCUT2D eigenvalue weighted by molar-refractivity contribution is 0.660. The first-order chi connectivity index (χ1) is 34.3. The fourth-order valence-corrected chi connectivity index (χ4v) is 17.2. The molecule has 0 bridgehead atoms. The summed E-state index contributed by atoms with van der Waals surface area (Å²) in [5.74, 6) is 0. The number of fused-ring (bicyclic) bond motifs is 14. The zero-order valence-electron chi connectivity index (χ0n) is 39.6. The van der Waals surface area contributed by atoms with Crippen molar-refractivity contribution < 1.29 is 0 Å². The fraction of sp³-hybridized carbons (Fsp3) is 0.0725. The van der Waals surface area contributed by atoms with E-state index in [0.29, 0.717) is 0 Å². The number of benzene rings is 12. The van der Waals surface area contributed by atoms with Crippen LogP contribution >= 0.6 is 0 Å². The molecule has 12 aromatic carbocycles. The van der Waals surface area contributed by atoms with Crippen LogP contribution in [0.1, 0.15) is 25.0 Å². The van der Waals surface area contributed by atoms with Gasteiger partial charge >= 0.3 is 0 Å². The van der Waals surface area contributed by atoms with Gasteiger partial charge in [-0.05, 0) is 183 Å². The summed E-state index contributed by atoms with van der Waals surface area (Å²) in [5, 5.41) is 13.6. The second-order valence-corrected chi connectivity index (χ2v) is 25.8. The first kappa shape index (κ1) is 38.8. The van der Waals surface area contributed by atoms with Crippen molar-refractivity contribution in [2.24, 2.45) is 0 Å². The molecular weight excluding hydrogens is 857 g/mol. The van der Waals surface area contributed by atoms with E-state index in [1.807, 2.05) is 0 Å². The van der Waals surface area contributed by atoms with Crippen molar-refractivity contribution in [3.05, 3.63) is 217 Å². The van der Waals surface area contributed by atoms with Gasteiger partial charge in [0.25, 0.3) is 0 Å². The molecule has 0 saturated carbocycles. The van der Waals surface area contributed by atoms with E-state index in [2.05, 4.69) is 233 Å². The highest BCUT2D eigenvalue weighted by Crippen LogP contribution is 2.56. The van der Waals surface area contributed by atoms with Crippen LogP contribution in [0.2, 0.25) is 13.1 Å². The zero-order chi connectivity index (χ0) is 46.4. The smallest absolute Gasteiger partial charge is 0.0623 e. The van der Waals surface area contributed by atoms with Crippen LogP contribution in [-0.2, 0) is 5.41 Å². The van der Waals surface area contributed by atoms with Crippen LogP contribution in [0.3, 0.4) is 0 Å². The summed E-state index contributed by atoms with van der Waals surface area (Å²) in [6.45, 7) is 9.91. The maximum atomic E-state index is 2.67. The minimum atomic E-state index is -2.09. The van der Waals surface area contributed by atoms with Gasteiger partial charge in [0.1, 0.15) is 8.07 Å². The molecule has 4 aliphatic rings. The second kappa shape index (κ2) is 13.4. The molecule has 0 atom stereocenters. The monoisotopic (exact) mass is 902 g/mol. The predicted octanol–water partition coefficient (Wildman–Crippen LogP) is 17.7. The highest BCUT2D eigenvalue weighted by atomic mass is 28.3. The van der Waals surface area contributed by atoms with E-state index in [0.717, 1.165) is 0 Å². The number of hydrogen-bond donors (Lipinski definition) is 0. The molecule has 0 amide bonds. The lowest BCUT2D eigenvalue weighted by Gasteiger charge is -2.24. The van der Waals surface area contributed by atoms with Crippen LogP contribution in [0, 0.1) is 0 Å². The van der Waals surface area contributed by atoms with E-state index < -0.39 is 8.07 Å². The van der Waals surface area contributed by atoms with Gasteiger partial charge in [-0.1, -0.05) is 215 Å². The van der Waals surface area contributed by atoms with Gasteiger partial charge < -0.3 is 0 Å². The highest BCUT2D eigenvalue weighted by molar-refractivity contribution is 7.04. The van der Waals surface area contributed by atoms with Gasteiger partial charge in [-0.3, -0.25) is 0 Å². The fourth-order valence-electron chi connectivity index (χ4n) is 14.1. The van der Waals surface area contributed by atoms with Gasteiger partial charge in [-0.25, -0.2) is 0 Å². The van der Waals surface area contributed by atoms with E-state index >= 15 is 0 Å². The molecular formula is C69H46Si. The quantitative estimate of drug-likeness (QED) is 0.122. The molecule has 0 radical (unpaired) electrons. The van der Waals surface area contributed by atoms with E-state index in [-0.39, 0.29) is 5.41 Å². The second-order valence-electron chi connectivity index (χ2n) is 21.4. The van der Waals surface area contributed by atoms with Crippen molar-refractivity contribution in [3.8, 4) is 100 Å². The topological polar surface area (TPSA) is 0 Å². The average molecular weight is 903 g/mol. The Hall–Kier alpha value is -8.10. The van der Waals surface area contributed by atoms with Gasteiger partial charge in [0.2, 0.25) is 0 Å². The molecule has 70 heavy (non-hydrogen) atoms. The van der Waals surface area contributed by atoms with Crippen LogP contribution in [0.5, 0.6) is 0 Å². The Bertz CT molecular complexity index is 4350. The van der Waals surface area contributed by atoms with E-state index in [4.69, 9.17) is 0 Å². The third kappa shape index (κ3) is 4.81. The minimum Gasteiger partial charge on any atom is -0.0623 e. The highest BCUT2D eigenvalue weighted by Gasteiger charge is 2.39. The molecule has 0 fully saturated rings. The van der Waals surface area contributed by atoms with Gasteiger partial charge in [0.15, 0.2) is 0 Å². The molecule has 12 aromatic rings. The number of rotatable bonds is 3. The lowest BCUT2D eigenvalue weighted by atomic mass is 9.80. The number of hydrogen-bond acceptors (Lipinski definition) is 0. The maximum Gasteiger partial charge on any atom is 0.113 e. The molecule has 0 spiro atoms. The summed E-state index contributed by atoms with van der Waals surface area (Å²) < 4.78 is 0. The molecule has 3 aliphatic carbocycles. The molecule has 0 nitrogen and oxygen atoms in total. The van der Waals surface area contributed by atoms with Crippen LogP contribution in [0.25, 0.3) is 143 Å². The molecule has 0 N–H and O–H groups in total. The van der Waals surface area contributed by atoms with Crippen LogP contribution in [-0.4, -0.2) is 8.07 Å². The molecule has 0 unspecified atom stereocenters. The molecule has 1 heteroatoms. The SMILES string of the molecule is CC1(C)c2ccccc2-c2ccc(-c3ccc4c(-c5ccc6c7c(cccc57)-c5ccccc5-6)c5cc6c(cc5c(-c5ccc7c8c(cccc58)-c5ccccc5-7)c4c3)[Si](C)(C)c3ccccc3-6)cc21. The van der Waals surface area contributed by atoms with Crippen molar-refractivity contribution in [3.63, 3.8) is 0 Å². The normalized spacial score (nSPS) is 14.5. The summed E-state index contributed by atoms with van der Waals surface area (Å²) in [5.41, 5.74) is 26.6. The van der Waals surface area contributed by atoms with Crippen LogP contribution < -0.4 is 10.4 Å². The van der Waals surface area contributed by atoms with E-state index in [1.165, 1.54) is 165 Å². The first-order valence-corrected chi connectivity index (χ1v) is 28.0. The standard InChI is InChI=1S/C69H46Si/c1-69(2)61-25-11-9-19-45(61)46-29-27-40(36-62(46)69)39-28-30-56-58(35-39)68(55-34-32-53-44-18-8-6-16-42(44)49-22-14-24-51(55)66(49)53)60-38-64-57(47-20-10-12-26-63(47)70(64,3)4)37-59(60)67(56)54-33-31-52-43-17-7-5-15-41(43)48-21-13-23-50(54)65(48)52/h5-38H,1-4H3. The van der Waals surface area contributed by atoms with Crippen molar-refractivity contribution in [2.45, 2.75) is 32.4 Å². The third-order valence-corrected chi connectivity index (χ3v) is 20.9. The molecule has 0 saturated heterocycles. The third-order valence-electron chi connectivity index (χ3n) is 17.4. The first-order valence-electron chi connectivity index (χ1n) is 25.0. The van der Waals surface area contributed by atoms with Crippen molar-refractivity contribution >= 4 is 61.5 Å². The zero-order valence-corrected chi connectivity index (χ0v) is 40.6. The molecule has 16 rings (SSSR count).